The highest BCUT2D eigenvalue weighted by Crippen LogP contribution is 2.10. The quantitative estimate of drug-likeness (QED) is 0.840. The molecule has 0 saturated heterocycles. The number of nitrogens with one attached hydrogen (secondary N) is 1. The van der Waals surface area contributed by atoms with Gasteiger partial charge in [-0.25, -0.2) is 4.68 Å². The summed E-state index contributed by atoms with van der Waals surface area (Å²) in [7, 11) is 0. The summed E-state index contributed by atoms with van der Waals surface area (Å²) in [5.74, 6) is 0.277. The maximum absolute atomic E-state index is 9.21. The normalized spacial score (nSPS) is 11.1. The van der Waals surface area contributed by atoms with E-state index >= 15 is 0 Å². The van der Waals surface area contributed by atoms with E-state index in [-0.39, 0.29) is 5.75 Å². The minimum absolute atomic E-state index is 0.277. The Hall–Kier alpha value is -1.88. The molecule has 5 nitrogen and oxygen atoms in total. The molecule has 1 heterocycles. The van der Waals surface area contributed by atoms with Crippen LogP contribution in [0.4, 0.5) is 0 Å². The number of phenols is 1. The van der Waals surface area contributed by atoms with Gasteiger partial charge in [0.05, 0.1) is 18.4 Å². The highest BCUT2D eigenvalue weighted by Gasteiger charge is 2.02. The largest absolute Gasteiger partial charge is 0.508 e. The van der Waals surface area contributed by atoms with Gasteiger partial charge in [0.15, 0.2) is 0 Å². The van der Waals surface area contributed by atoms with E-state index in [1.54, 1.807) is 16.8 Å². The minimum atomic E-state index is 0.277. The lowest BCUT2D eigenvalue weighted by atomic mass is 10.2. The molecular formula is C13H18N4O. The number of benzene rings is 1. The average Bonchev–Trinajstić information content (AvgIpc) is 2.77. The van der Waals surface area contributed by atoms with Crippen LogP contribution in [0.5, 0.6) is 5.75 Å². The lowest BCUT2D eigenvalue weighted by molar-refractivity contribution is 0.475. The number of phenolic OH excluding ortho intramolecular Hbond substituents is 1. The zero-order valence-corrected chi connectivity index (χ0v) is 10.7. The van der Waals surface area contributed by atoms with Gasteiger partial charge in [-0.3, -0.25) is 0 Å². The maximum atomic E-state index is 9.21. The van der Waals surface area contributed by atoms with Gasteiger partial charge in [-0.2, -0.15) is 0 Å². The van der Waals surface area contributed by atoms with Gasteiger partial charge in [-0.1, -0.05) is 31.2 Å². The van der Waals surface area contributed by atoms with Gasteiger partial charge in [-0.05, 0) is 17.7 Å². The van der Waals surface area contributed by atoms with Crippen molar-refractivity contribution in [2.75, 3.05) is 0 Å². The Kier molecular flexibility index (Phi) is 3.94. The van der Waals surface area contributed by atoms with Gasteiger partial charge in [0, 0.05) is 12.6 Å². The molecule has 96 valence electrons. The van der Waals surface area contributed by atoms with Crippen LogP contribution in [0.1, 0.15) is 25.1 Å². The molecular weight excluding hydrogens is 228 g/mol. The monoisotopic (exact) mass is 246 g/mol. The predicted octanol–water partition coefficient (Wildman–Crippen LogP) is 1.53. The van der Waals surface area contributed by atoms with E-state index in [2.05, 4.69) is 29.5 Å². The van der Waals surface area contributed by atoms with Crippen LogP contribution < -0.4 is 5.32 Å². The van der Waals surface area contributed by atoms with Crippen LogP contribution in [0.15, 0.2) is 30.5 Å². The summed E-state index contributed by atoms with van der Waals surface area (Å²) in [6.07, 6.45) is 1.93. The molecule has 0 fully saturated rings. The van der Waals surface area contributed by atoms with E-state index in [1.165, 1.54) is 0 Å². The number of aromatic hydroxyl groups is 1. The van der Waals surface area contributed by atoms with Crippen LogP contribution in [0.3, 0.4) is 0 Å². The van der Waals surface area contributed by atoms with Gasteiger partial charge in [0.1, 0.15) is 5.75 Å². The first kappa shape index (κ1) is 12.6. The molecule has 0 aliphatic heterocycles. The van der Waals surface area contributed by atoms with E-state index in [9.17, 15) is 5.11 Å². The van der Waals surface area contributed by atoms with Crippen molar-refractivity contribution in [3.63, 3.8) is 0 Å². The topological polar surface area (TPSA) is 63.0 Å². The van der Waals surface area contributed by atoms with E-state index in [1.807, 2.05) is 18.3 Å². The van der Waals surface area contributed by atoms with Crippen molar-refractivity contribution in [3.8, 4) is 5.75 Å². The molecule has 0 aliphatic carbocycles. The Bertz CT molecular complexity index is 490. The molecule has 0 spiro atoms. The van der Waals surface area contributed by atoms with Gasteiger partial charge in [0.2, 0.25) is 0 Å². The number of nitrogens with zero attached hydrogens (tertiary/aromatic N) is 3. The minimum Gasteiger partial charge on any atom is -0.508 e. The first-order chi connectivity index (χ1) is 8.63. The third kappa shape index (κ3) is 3.56. The highest BCUT2D eigenvalue weighted by atomic mass is 16.3. The van der Waals surface area contributed by atoms with Gasteiger partial charge >= 0.3 is 0 Å². The fraction of sp³-hybridized carbons (Fsp3) is 0.385. The highest BCUT2D eigenvalue weighted by molar-refractivity contribution is 5.25. The maximum Gasteiger partial charge on any atom is 0.115 e. The predicted molar refractivity (Wildman–Crippen MR) is 69.2 cm³/mol. The van der Waals surface area contributed by atoms with Gasteiger partial charge < -0.3 is 10.4 Å². The van der Waals surface area contributed by atoms with Gasteiger partial charge in [-0.15, -0.1) is 5.10 Å². The lowest BCUT2D eigenvalue weighted by Crippen LogP contribution is -2.21. The van der Waals surface area contributed by atoms with Gasteiger partial charge in [0.25, 0.3) is 0 Å². The second kappa shape index (κ2) is 5.64. The summed E-state index contributed by atoms with van der Waals surface area (Å²) in [5, 5.41) is 20.7. The van der Waals surface area contributed by atoms with E-state index < -0.39 is 0 Å². The van der Waals surface area contributed by atoms with E-state index in [0.717, 1.165) is 17.8 Å². The van der Waals surface area contributed by atoms with Crippen LogP contribution in [-0.2, 0) is 13.1 Å². The molecule has 18 heavy (non-hydrogen) atoms. The Balaban J connectivity index is 1.95. The number of aromatic nitrogens is 3. The molecule has 1 aromatic heterocycles. The third-order valence-corrected chi connectivity index (χ3v) is 2.56. The van der Waals surface area contributed by atoms with Crippen molar-refractivity contribution < 1.29 is 5.11 Å². The third-order valence-electron chi connectivity index (χ3n) is 2.56. The van der Waals surface area contributed by atoms with Crippen LogP contribution in [-0.4, -0.2) is 26.1 Å². The number of rotatable bonds is 5. The van der Waals surface area contributed by atoms with Crippen LogP contribution in [0.25, 0.3) is 0 Å². The summed E-state index contributed by atoms with van der Waals surface area (Å²) in [6.45, 7) is 5.59. The SMILES string of the molecule is CC(C)NCc1cn(Cc2ccc(O)cc2)nn1. The number of hydrogen-bond acceptors (Lipinski definition) is 4. The van der Waals surface area contributed by atoms with Crippen molar-refractivity contribution >= 4 is 0 Å². The fourth-order valence-corrected chi connectivity index (χ4v) is 1.59. The molecule has 0 unspecified atom stereocenters. The molecule has 0 atom stereocenters. The lowest BCUT2D eigenvalue weighted by Gasteiger charge is -2.04. The van der Waals surface area contributed by atoms with Crippen molar-refractivity contribution in [1.82, 2.24) is 20.3 Å². The second-order valence-corrected chi connectivity index (χ2v) is 4.61. The molecule has 0 amide bonds. The summed E-state index contributed by atoms with van der Waals surface area (Å²) < 4.78 is 1.80. The molecule has 5 heteroatoms. The molecule has 2 rings (SSSR count). The molecule has 2 aromatic rings. The zero-order chi connectivity index (χ0) is 13.0. The van der Waals surface area contributed by atoms with E-state index in [0.29, 0.717) is 12.6 Å². The van der Waals surface area contributed by atoms with E-state index in [4.69, 9.17) is 0 Å². The molecule has 0 aliphatic rings. The molecule has 1 aromatic carbocycles. The first-order valence-electron chi connectivity index (χ1n) is 6.04. The average molecular weight is 246 g/mol. The molecule has 0 saturated carbocycles. The Labute approximate surface area is 106 Å². The second-order valence-electron chi connectivity index (χ2n) is 4.61. The molecule has 2 N–H and O–H groups in total. The summed E-state index contributed by atoms with van der Waals surface area (Å²) in [5.41, 5.74) is 2.02. The smallest absolute Gasteiger partial charge is 0.115 e. The summed E-state index contributed by atoms with van der Waals surface area (Å²) in [6, 6.07) is 7.54. The Morgan fingerprint density at radius 3 is 2.67 bits per heavy atom. The molecule has 0 radical (unpaired) electrons. The van der Waals surface area contributed by atoms with Crippen molar-refractivity contribution in [2.24, 2.45) is 0 Å². The number of hydrogen-bond donors (Lipinski definition) is 2. The van der Waals surface area contributed by atoms with Crippen molar-refractivity contribution in [1.29, 1.82) is 0 Å². The van der Waals surface area contributed by atoms with Crippen LogP contribution >= 0.6 is 0 Å². The first-order valence-corrected chi connectivity index (χ1v) is 6.04. The van der Waals surface area contributed by atoms with Crippen LogP contribution in [0.2, 0.25) is 0 Å². The van der Waals surface area contributed by atoms with Crippen LogP contribution in [0, 0.1) is 0 Å². The fourth-order valence-electron chi connectivity index (χ4n) is 1.59. The van der Waals surface area contributed by atoms with Crippen molar-refractivity contribution in [2.45, 2.75) is 33.0 Å². The van der Waals surface area contributed by atoms with Crippen molar-refractivity contribution in [3.05, 3.63) is 41.7 Å². The molecule has 0 bridgehead atoms. The Morgan fingerprint density at radius 1 is 1.28 bits per heavy atom. The Morgan fingerprint density at radius 2 is 2.00 bits per heavy atom. The standard InChI is InChI=1S/C13H18N4O/c1-10(2)14-7-12-9-17(16-15-12)8-11-3-5-13(18)6-4-11/h3-6,9-10,14,18H,7-8H2,1-2H3. The zero-order valence-electron chi connectivity index (χ0n) is 10.7. The summed E-state index contributed by atoms with van der Waals surface area (Å²) >= 11 is 0. The summed E-state index contributed by atoms with van der Waals surface area (Å²) in [4.78, 5) is 0.